The van der Waals surface area contributed by atoms with Gasteiger partial charge >= 0.3 is 16.2 Å². The summed E-state index contributed by atoms with van der Waals surface area (Å²) in [5.74, 6) is 0. The first-order chi connectivity index (χ1) is 16.0. The molecule has 2 aromatic rings. The third kappa shape index (κ3) is 17.5. The maximum Gasteiger partial charge on any atom is 0.335 e. The zero-order chi connectivity index (χ0) is 24.8. The summed E-state index contributed by atoms with van der Waals surface area (Å²) in [5.41, 5.74) is 2.30. The van der Waals surface area contributed by atoms with Crippen LogP contribution in [-0.4, -0.2) is 33.0 Å². The number of hydrogen-bond donors (Lipinski definition) is 0. The maximum atomic E-state index is 12.1. The van der Waals surface area contributed by atoms with Gasteiger partial charge in [-0.25, -0.2) is 0 Å². The first-order valence-corrected chi connectivity index (χ1v) is 15.1. The zero-order valence-electron chi connectivity index (χ0n) is 20.4. The maximum absolute atomic E-state index is 12.1. The summed E-state index contributed by atoms with van der Waals surface area (Å²) >= 11 is 3.36. The molecule has 0 unspecified atom stereocenters. The summed E-state index contributed by atoms with van der Waals surface area (Å²) in [6, 6.07) is 19.9. The van der Waals surface area contributed by atoms with Crippen molar-refractivity contribution in [2.45, 2.75) is 46.1 Å². The first kappa shape index (κ1) is 32.4. The molecule has 0 saturated carbocycles. The van der Waals surface area contributed by atoms with E-state index in [9.17, 15) is 4.57 Å². The summed E-state index contributed by atoms with van der Waals surface area (Å²) in [7, 11) is -4.00. The fourth-order valence-corrected chi connectivity index (χ4v) is 5.26. The van der Waals surface area contributed by atoms with E-state index in [2.05, 4.69) is 28.1 Å². The second-order valence-electron chi connectivity index (χ2n) is 6.19. The van der Waals surface area contributed by atoms with Gasteiger partial charge < -0.3 is 22.6 Å². The van der Waals surface area contributed by atoms with E-state index in [1.807, 2.05) is 83.1 Å². The lowest BCUT2D eigenvalue weighted by molar-refractivity contribution is 0.176. The Kier molecular flexibility index (Phi) is 21.5. The Bertz CT molecular complexity index is 697. The average Bonchev–Trinajstić information content (AvgIpc) is 2.82. The lowest BCUT2D eigenvalue weighted by atomic mass is 10.2. The molecule has 0 spiro atoms. The van der Waals surface area contributed by atoms with Crippen LogP contribution in [0.3, 0.4) is 0 Å². The standard InChI is InChI=1S/C11H17O3P.C7H7Br.C6H15O3P/c1-3-13-15(12,14-4-2)10-11-8-6-5-7-9-11;8-6-7-4-2-1-3-5-7;1-4-7-10(8-5-2)9-6-3/h5-9H,3-4,10H2,1-2H3;1-5H,6H2;4-6H2,1-3H3. The van der Waals surface area contributed by atoms with E-state index in [4.69, 9.17) is 22.6 Å². The molecule has 0 heterocycles. The van der Waals surface area contributed by atoms with Crippen molar-refractivity contribution in [2.24, 2.45) is 0 Å². The van der Waals surface area contributed by atoms with Crippen molar-refractivity contribution in [3.8, 4) is 0 Å². The van der Waals surface area contributed by atoms with Crippen LogP contribution in [0, 0.1) is 0 Å². The smallest absolute Gasteiger partial charge is 0.313 e. The molecular formula is C24H39BrO6P2. The fraction of sp³-hybridized carbons (Fsp3) is 0.500. The minimum absolute atomic E-state index is 0.343. The Labute approximate surface area is 210 Å². The van der Waals surface area contributed by atoms with E-state index in [1.54, 1.807) is 0 Å². The van der Waals surface area contributed by atoms with E-state index in [0.717, 1.165) is 10.9 Å². The normalized spacial score (nSPS) is 10.8. The highest BCUT2D eigenvalue weighted by atomic mass is 79.9. The minimum atomic E-state index is -2.94. The predicted octanol–water partition coefficient (Wildman–Crippen LogP) is 8.36. The molecule has 2 aromatic carbocycles. The molecule has 0 aliphatic rings. The van der Waals surface area contributed by atoms with Gasteiger partial charge in [-0.15, -0.1) is 0 Å². The van der Waals surface area contributed by atoms with Gasteiger partial charge in [0.15, 0.2) is 0 Å². The first-order valence-electron chi connectivity index (χ1n) is 11.2. The zero-order valence-corrected chi connectivity index (χ0v) is 23.8. The van der Waals surface area contributed by atoms with Crippen molar-refractivity contribution in [1.29, 1.82) is 0 Å². The van der Waals surface area contributed by atoms with Crippen molar-refractivity contribution >= 4 is 32.1 Å². The van der Waals surface area contributed by atoms with Crippen molar-refractivity contribution in [3.63, 3.8) is 0 Å². The Hall–Kier alpha value is -0.620. The predicted molar refractivity (Wildman–Crippen MR) is 142 cm³/mol. The number of rotatable bonds is 13. The molecule has 0 fully saturated rings. The number of alkyl halides is 1. The second kappa shape index (κ2) is 21.9. The van der Waals surface area contributed by atoms with Crippen molar-refractivity contribution in [2.75, 3.05) is 33.0 Å². The highest BCUT2D eigenvalue weighted by Crippen LogP contribution is 2.51. The van der Waals surface area contributed by atoms with E-state index in [1.165, 1.54) is 5.56 Å². The van der Waals surface area contributed by atoms with Gasteiger partial charge in [-0.05, 0) is 45.7 Å². The van der Waals surface area contributed by atoms with Gasteiger partial charge in [-0.2, -0.15) is 0 Å². The molecular weight excluding hydrogens is 526 g/mol. The summed E-state index contributed by atoms with van der Waals surface area (Å²) in [6.45, 7) is 12.2. The SMILES string of the molecule is BrCc1ccccc1.CCOP(=O)(Cc1ccccc1)OCC.CCOP(OCC)OCC. The number of hydrogen-bond acceptors (Lipinski definition) is 6. The molecule has 9 heteroatoms. The van der Waals surface area contributed by atoms with Crippen LogP contribution in [0.4, 0.5) is 0 Å². The van der Waals surface area contributed by atoms with Crippen molar-refractivity contribution in [1.82, 2.24) is 0 Å². The van der Waals surface area contributed by atoms with E-state index in [0.29, 0.717) is 39.2 Å². The van der Waals surface area contributed by atoms with Crippen LogP contribution in [0.2, 0.25) is 0 Å². The average molecular weight is 565 g/mol. The Morgan fingerprint density at radius 1 is 0.667 bits per heavy atom. The van der Waals surface area contributed by atoms with Gasteiger partial charge in [0, 0.05) is 5.33 Å². The fourth-order valence-electron chi connectivity index (χ4n) is 2.32. The molecule has 0 bridgehead atoms. The molecule has 0 aliphatic carbocycles. The van der Waals surface area contributed by atoms with Crippen LogP contribution >= 0.6 is 32.1 Å². The largest absolute Gasteiger partial charge is 0.335 e. The third-order valence-corrected chi connectivity index (χ3v) is 7.68. The topological polar surface area (TPSA) is 63.2 Å². The third-order valence-electron chi connectivity index (χ3n) is 3.57. The number of benzene rings is 2. The van der Waals surface area contributed by atoms with Gasteiger partial charge in [0.05, 0.1) is 39.2 Å². The molecule has 33 heavy (non-hydrogen) atoms. The molecule has 188 valence electrons. The minimum Gasteiger partial charge on any atom is -0.313 e. The summed E-state index contributed by atoms with van der Waals surface area (Å²) in [4.78, 5) is 0. The van der Waals surface area contributed by atoms with E-state index >= 15 is 0 Å². The lowest BCUT2D eigenvalue weighted by Crippen LogP contribution is -1.98. The van der Waals surface area contributed by atoms with Crippen molar-refractivity contribution < 1.29 is 27.2 Å². The highest BCUT2D eigenvalue weighted by Gasteiger charge is 2.23. The van der Waals surface area contributed by atoms with Gasteiger partial charge in [-0.3, -0.25) is 4.57 Å². The van der Waals surface area contributed by atoms with E-state index in [-0.39, 0.29) is 0 Å². The Morgan fingerprint density at radius 2 is 1.06 bits per heavy atom. The summed E-state index contributed by atoms with van der Waals surface area (Å²) in [6.07, 6.45) is 0.343. The van der Waals surface area contributed by atoms with Crippen molar-refractivity contribution in [3.05, 3.63) is 71.8 Å². The van der Waals surface area contributed by atoms with Gasteiger partial charge in [0.2, 0.25) is 0 Å². The van der Waals surface area contributed by atoms with Crippen LogP contribution in [0.5, 0.6) is 0 Å². The summed E-state index contributed by atoms with van der Waals surface area (Å²) in [5, 5.41) is 0.952. The highest BCUT2D eigenvalue weighted by molar-refractivity contribution is 9.08. The molecule has 0 radical (unpaired) electrons. The number of halogens is 1. The monoisotopic (exact) mass is 564 g/mol. The van der Waals surface area contributed by atoms with E-state index < -0.39 is 16.2 Å². The second-order valence-corrected chi connectivity index (χ2v) is 10.0. The molecule has 0 saturated heterocycles. The van der Waals surface area contributed by atoms with Crippen LogP contribution in [0.25, 0.3) is 0 Å². The van der Waals surface area contributed by atoms with Crippen LogP contribution in [0.1, 0.15) is 45.7 Å². The van der Waals surface area contributed by atoms with Crippen LogP contribution in [0.15, 0.2) is 60.7 Å². The molecule has 6 nitrogen and oxygen atoms in total. The molecule has 0 aliphatic heterocycles. The summed E-state index contributed by atoms with van der Waals surface area (Å²) < 4.78 is 38.0. The van der Waals surface area contributed by atoms with Crippen LogP contribution < -0.4 is 0 Å². The molecule has 0 N–H and O–H groups in total. The quantitative estimate of drug-likeness (QED) is 0.180. The molecule has 0 amide bonds. The Morgan fingerprint density at radius 3 is 1.36 bits per heavy atom. The van der Waals surface area contributed by atoms with Gasteiger partial charge in [-0.1, -0.05) is 76.6 Å². The van der Waals surface area contributed by atoms with Gasteiger partial charge in [0.25, 0.3) is 0 Å². The molecule has 2 rings (SSSR count). The lowest BCUT2D eigenvalue weighted by Gasteiger charge is -2.16. The van der Waals surface area contributed by atoms with Gasteiger partial charge in [0.1, 0.15) is 0 Å². The van der Waals surface area contributed by atoms with Crippen LogP contribution in [-0.2, 0) is 38.7 Å². The molecule has 0 aromatic heterocycles. The Balaban J connectivity index is 0.000000494. The molecule has 0 atom stereocenters.